The lowest BCUT2D eigenvalue weighted by Crippen LogP contribution is -2.47. The highest BCUT2D eigenvalue weighted by molar-refractivity contribution is 9.10. The number of nitrogens with one attached hydrogen (secondary N) is 1. The Bertz CT molecular complexity index is 726. The molecule has 3 rings (SSSR count). The molecule has 1 fully saturated rings. The number of aryl methyl sites for hydroxylation is 1. The number of anilines is 2. The van der Waals surface area contributed by atoms with Gasteiger partial charge in [0.25, 0.3) is 5.91 Å². The van der Waals surface area contributed by atoms with Crippen LogP contribution in [0.3, 0.4) is 0 Å². The smallest absolute Gasteiger partial charge is 0.274 e. The molecule has 1 amide bonds. The number of rotatable bonds is 3. The van der Waals surface area contributed by atoms with Gasteiger partial charge in [-0.3, -0.25) is 4.79 Å². The minimum Gasteiger partial charge on any atom is -0.339 e. The Morgan fingerprint density at radius 3 is 2.50 bits per heavy atom. The van der Waals surface area contributed by atoms with Crippen molar-refractivity contribution in [1.29, 1.82) is 0 Å². The van der Waals surface area contributed by atoms with Crippen LogP contribution in [0, 0.1) is 6.92 Å². The van der Waals surface area contributed by atoms with Gasteiger partial charge < -0.3 is 15.1 Å². The first-order valence-corrected chi connectivity index (χ1v) is 8.67. The van der Waals surface area contributed by atoms with Gasteiger partial charge in [0, 0.05) is 36.3 Å². The molecule has 0 unspecified atom stereocenters. The van der Waals surface area contributed by atoms with Gasteiger partial charge in [0.2, 0.25) is 0 Å². The summed E-state index contributed by atoms with van der Waals surface area (Å²) in [6.45, 7) is 5.28. The van der Waals surface area contributed by atoms with E-state index in [1.165, 1.54) is 5.56 Å². The molecule has 0 spiro atoms. The molecule has 1 aromatic carbocycles. The van der Waals surface area contributed by atoms with Crippen LogP contribution in [0.15, 0.2) is 34.8 Å². The molecule has 1 aromatic heterocycles. The molecule has 2 aromatic rings. The van der Waals surface area contributed by atoms with E-state index in [0.717, 1.165) is 36.3 Å². The first kappa shape index (κ1) is 16.9. The lowest BCUT2D eigenvalue weighted by atomic mass is 10.2. The summed E-state index contributed by atoms with van der Waals surface area (Å²) < 4.78 is 1.03. The zero-order valence-corrected chi connectivity index (χ0v) is 15.4. The van der Waals surface area contributed by atoms with Crippen molar-refractivity contribution in [2.24, 2.45) is 0 Å². The molecule has 0 atom stereocenters. The molecule has 6 nitrogen and oxygen atoms in total. The van der Waals surface area contributed by atoms with Crippen LogP contribution in [0.5, 0.6) is 0 Å². The fourth-order valence-electron chi connectivity index (χ4n) is 2.50. The van der Waals surface area contributed by atoms with Gasteiger partial charge >= 0.3 is 0 Å². The second-order valence-electron chi connectivity index (χ2n) is 5.99. The molecule has 24 heavy (non-hydrogen) atoms. The zero-order valence-electron chi connectivity index (χ0n) is 13.8. The maximum atomic E-state index is 12.4. The highest BCUT2D eigenvalue weighted by Gasteiger charge is 2.21. The predicted molar refractivity (Wildman–Crippen MR) is 97.6 cm³/mol. The number of nitrogens with zero attached hydrogens (tertiary/aromatic N) is 4. The number of piperazine rings is 1. The first-order chi connectivity index (χ1) is 11.5. The molecule has 7 heteroatoms. The maximum absolute atomic E-state index is 12.4. The summed E-state index contributed by atoms with van der Waals surface area (Å²) >= 11 is 3.51. The number of carbonyl (C=O) groups is 1. The summed E-state index contributed by atoms with van der Waals surface area (Å²) in [5.74, 6) is 0.556. The molecule has 0 radical (unpaired) electrons. The lowest BCUT2D eigenvalue weighted by Gasteiger charge is -2.32. The van der Waals surface area contributed by atoms with Crippen LogP contribution in [0.4, 0.5) is 11.5 Å². The minimum absolute atomic E-state index is 0.0553. The Labute approximate surface area is 150 Å². The summed E-state index contributed by atoms with van der Waals surface area (Å²) in [6.07, 6.45) is 0. The average Bonchev–Trinajstić information content (AvgIpc) is 2.59. The normalized spacial score (nSPS) is 15.4. The van der Waals surface area contributed by atoms with Crippen LogP contribution >= 0.6 is 15.9 Å². The van der Waals surface area contributed by atoms with Crippen molar-refractivity contribution in [3.8, 4) is 0 Å². The van der Waals surface area contributed by atoms with Crippen LogP contribution in [0.2, 0.25) is 0 Å². The molecule has 1 N–H and O–H groups in total. The molecule has 1 aliphatic rings. The molecule has 1 aliphatic heterocycles. The quantitative estimate of drug-likeness (QED) is 0.873. The Balaban J connectivity index is 1.66. The number of carbonyl (C=O) groups excluding carboxylic acids is 1. The summed E-state index contributed by atoms with van der Waals surface area (Å²) in [5, 5.41) is 11.4. The number of hydrogen-bond acceptors (Lipinski definition) is 5. The first-order valence-electron chi connectivity index (χ1n) is 7.87. The summed E-state index contributed by atoms with van der Waals surface area (Å²) in [6, 6.07) is 9.49. The van der Waals surface area contributed by atoms with E-state index in [1.807, 2.05) is 30.0 Å². The molecule has 0 aliphatic carbocycles. The van der Waals surface area contributed by atoms with E-state index in [2.05, 4.69) is 43.4 Å². The van der Waals surface area contributed by atoms with E-state index in [0.29, 0.717) is 11.5 Å². The van der Waals surface area contributed by atoms with Gasteiger partial charge in [0.05, 0.1) is 0 Å². The van der Waals surface area contributed by atoms with Crippen LogP contribution < -0.4 is 5.32 Å². The fourth-order valence-corrected chi connectivity index (χ4v) is 2.88. The Hall–Kier alpha value is -1.99. The monoisotopic (exact) mass is 389 g/mol. The van der Waals surface area contributed by atoms with Gasteiger partial charge in [-0.1, -0.05) is 22.0 Å². The van der Waals surface area contributed by atoms with Gasteiger partial charge in [-0.05, 0) is 43.8 Å². The third-order valence-electron chi connectivity index (χ3n) is 4.12. The van der Waals surface area contributed by atoms with Gasteiger partial charge in [0.1, 0.15) is 0 Å². The Kier molecular flexibility index (Phi) is 5.11. The van der Waals surface area contributed by atoms with E-state index in [9.17, 15) is 4.79 Å². The largest absolute Gasteiger partial charge is 0.339 e. The third kappa shape index (κ3) is 3.91. The summed E-state index contributed by atoms with van der Waals surface area (Å²) in [5.41, 5.74) is 2.47. The second kappa shape index (κ2) is 7.27. The van der Waals surface area contributed by atoms with E-state index < -0.39 is 0 Å². The van der Waals surface area contributed by atoms with Crippen LogP contribution in [-0.2, 0) is 0 Å². The topological polar surface area (TPSA) is 61.4 Å². The van der Waals surface area contributed by atoms with Gasteiger partial charge in [0.15, 0.2) is 11.5 Å². The Morgan fingerprint density at radius 1 is 1.12 bits per heavy atom. The fraction of sp³-hybridized carbons (Fsp3) is 0.353. The molecule has 1 saturated heterocycles. The molecular formula is C17H20BrN5O. The van der Waals surface area contributed by atoms with E-state index in [4.69, 9.17) is 0 Å². The van der Waals surface area contributed by atoms with Gasteiger partial charge in [-0.2, -0.15) is 0 Å². The van der Waals surface area contributed by atoms with E-state index >= 15 is 0 Å². The van der Waals surface area contributed by atoms with Crippen LogP contribution in [-0.4, -0.2) is 59.1 Å². The molecule has 126 valence electrons. The van der Waals surface area contributed by atoms with E-state index in [-0.39, 0.29) is 5.91 Å². The summed E-state index contributed by atoms with van der Waals surface area (Å²) in [7, 11) is 2.06. The molecular weight excluding hydrogens is 370 g/mol. The van der Waals surface area contributed by atoms with Crippen molar-refractivity contribution < 1.29 is 4.79 Å². The number of benzene rings is 1. The van der Waals surface area contributed by atoms with Crippen molar-refractivity contribution in [1.82, 2.24) is 20.0 Å². The molecule has 0 saturated carbocycles. The molecule has 2 heterocycles. The van der Waals surface area contributed by atoms with Crippen LogP contribution in [0.25, 0.3) is 0 Å². The minimum atomic E-state index is -0.0553. The average molecular weight is 390 g/mol. The Morgan fingerprint density at radius 2 is 1.88 bits per heavy atom. The number of hydrogen-bond donors (Lipinski definition) is 1. The van der Waals surface area contributed by atoms with Crippen LogP contribution in [0.1, 0.15) is 16.1 Å². The van der Waals surface area contributed by atoms with Crippen molar-refractivity contribution in [3.63, 3.8) is 0 Å². The number of aromatic nitrogens is 2. The highest BCUT2D eigenvalue weighted by atomic mass is 79.9. The van der Waals surface area contributed by atoms with Gasteiger partial charge in [-0.15, -0.1) is 10.2 Å². The number of halogens is 1. The summed E-state index contributed by atoms with van der Waals surface area (Å²) in [4.78, 5) is 16.5. The maximum Gasteiger partial charge on any atom is 0.274 e. The van der Waals surface area contributed by atoms with Gasteiger partial charge in [-0.25, -0.2) is 0 Å². The van der Waals surface area contributed by atoms with Crippen molar-refractivity contribution >= 4 is 33.3 Å². The van der Waals surface area contributed by atoms with Crippen molar-refractivity contribution in [2.75, 3.05) is 38.5 Å². The third-order valence-corrected chi connectivity index (χ3v) is 4.97. The zero-order chi connectivity index (χ0) is 17.1. The van der Waals surface area contributed by atoms with E-state index in [1.54, 1.807) is 12.1 Å². The van der Waals surface area contributed by atoms with Crippen molar-refractivity contribution in [3.05, 3.63) is 46.1 Å². The standard InChI is InChI=1S/C17H20BrN5O/c1-12-3-4-13(11-14(12)18)19-16-6-5-15(20-21-16)17(24)23-9-7-22(2)8-10-23/h3-6,11H,7-10H2,1-2H3,(H,19,21). The lowest BCUT2D eigenvalue weighted by molar-refractivity contribution is 0.0657. The second-order valence-corrected chi connectivity index (χ2v) is 6.84. The number of likely N-dealkylation sites (N-methyl/N-ethyl adjacent to an activating group) is 1. The molecule has 0 bridgehead atoms. The highest BCUT2D eigenvalue weighted by Crippen LogP contribution is 2.22. The predicted octanol–water partition coefficient (Wildman–Crippen LogP) is 2.68. The van der Waals surface area contributed by atoms with Crippen molar-refractivity contribution in [2.45, 2.75) is 6.92 Å². The SMILES string of the molecule is Cc1ccc(Nc2ccc(C(=O)N3CCN(C)CC3)nn2)cc1Br. The number of amides is 1.